The predicted molar refractivity (Wildman–Crippen MR) is 86.4 cm³/mol. The van der Waals surface area contributed by atoms with E-state index < -0.39 is 6.10 Å². The molecule has 0 saturated heterocycles. The van der Waals surface area contributed by atoms with Gasteiger partial charge in [0.2, 0.25) is 0 Å². The van der Waals surface area contributed by atoms with Crippen LogP contribution in [0.25, 0.3) is 5.69 Å². The van der Waals surface area contributed by atoms with Crippen molar-refractivity contribution >= 4 is 15.9 Å². The standard InChI is InChI=1S/C17H15BrN2O/c18-14-8-6-13(7-9-14)12-17(21)16-10-11-19-20(16)15-4-2-1-3-5-15/h1-11,17,21H,12H2. The van der Waals surface area contributed by atoms with Crippen LogP contribution in [0.15, 0.2) is 71.3 Å². The molecule has 0 spiro atoms. The number of hydrogen-bond donors (Lipinski definition) is 1. The minimum atomic E-state index is -0.589. The highest BCUT2D eigenvalue weighted by molar-refractivity contribution is 9.10. The smallest absolute Gasteiger partial charge is 0.100 e. The van der Waals surface area contributed by atoms with Crippen LogP contribution in [0.3, 0.4) is 0 Å². The van der Waals surface area contributed by atoms with Crippen LogP contribution in [0.1, 0.15) is 17.4 Å². The normalized spacial score (nSPS) is 12.3. The summed E-state index contributed by atoms with van der Waals surface area (Å²) in [6.45, 7) is 0. The first-order valence-electron chi connectivity index (χ1n) is 6.76. The summed E-state index contributed by atoms with van der Waals surface area (Å²) in [5.41, 5.74) is 2.84. The fourth-order valence-electron chi connectivity index (χ4n) is 2.30. The van der Waals surface area contributed by atoms with Gasteiger partial charge in [-0.2, -0.15) is 5.10 Å². The molecule has 3 nitrogen and oxygen atoms in total. The largest absolute Gasteiger partial charge is 0.386 e. The number of hydrogen-bond acceptors (Lipinski definition) is 2. The molecule has 0 aliphatic rings. The molecule has 0 fully saturated rings. The van der Waals surface area contributed by atoms with Crippen molar-refractivity contribution in [3.63, 3.8) is 0 Å². The second kappa shape index (κ2) is 6.24. The van der Waals surface area contributed by atoms with E-state index in [9.17, 15) is 5.11 Å². The van der Waals surface area contributed by atoms with Crippen molar-refractivity contribution in [3.8, 4) is 5.69 Å². The Kier molecular flexibility index (Phi) is 4.18. The van der Waals surface area contributed by atoms with Crippen LogP contribution in [0.5, 0.6) is 0 Å². The molecule has 1 heterocycles. The molecule has 4 heteroatoms. The minimum Gasteiger partial charge on any atom is -0.386 e. The summed E-state index contributed by atoms with van der Waals surface area (Å²) in [6, 6.07) is 19.7. The van der Waals surface area contributed by atoms with Crippen LogP contribution in [-0.2, 0) is 6.42 Å². The summed E-state index contributed by atoms with van der Waals surface area (Å²) in [6.07, 6.45) is 1.69. The van der Waals surface area contributed by atoms with E-state index in [1.165, 1.54) is 0 Å². The molecule has 21 heavy (non-hydrogen) atoms. The lowest BCUT2D eigenvalue weighted by atomic mass is 10.1. The molecule has 1 atom stereocenters. The third-order valence-corrected chi connectivity index (χ3v) is 3.89. The zero-order valence-electron chi connectivity index (χ0n) is 11.4. The van der Waals surface area contributed by atoms with Gasteiger partial charge in [-0.25, -0.2) is 4.68 Å². The highest BCUT2D eigenvalue weighted by Crippen LogP contribution is 2.22. The topological polar surface area (TPSA) is 38.1 Å². The average molecular weight is 343 g/mol. The molecule has 0 saturated carbocycles. The molecular weight excluding hydrogens is 328 g/mol. The van der Waals surface area contributed by atoms with Gasteiger partial charge in [0.15, 0.2) is 0 Å². The van der Waals surface area contributed by atoms with Crippen LogP contribution in [0, 0.1) is 0 Å². The Bertz CT molecular complexity index is 707. The second-order valence-corrected chi connectivity index (χ2v) is 5.77. The van der Waals surface area contributed by atoms with Gasteiger partial charge < -0.3 is 5.11 Å². The number of nitrogens with zero attached hydrogens (tertiary/aromatic N) is 2. The number of para-hydroxylation sites is 1. The van der Waals surface area contributed by atoms with Crippen LogP contribution < -0.4 is 0 Å². The Hall–Kier alpha value is -1.91. The van der Waals surface area contributed by atoms with Crippen molar-refractivity contribution in [2.75, 3.05) is 0 Å². The molecule has 0 bridgehead atoms. The van der Waals surface area contributed by atoms with E-state index in [1.807, 2.05) is 60.7 Å². The third-order valence-electron chi connectivity index (χ3n) is 3.36. The van der Waals surface area contributed by atoms with Crippen LogP contribution in [-0.4, -0.2) is 14.9 Å². The van der Waals surface area contributed by atoms with Crippen molar-refractivity contribution in [2.45, 2.75) is 12.5 Å². The average Bonchev–Trinajstić information content (AvgIpc) is 3.00. The Balaban J connectivity index is 1.84. The van der Waals surface area contributed by atoms with Gasteiger partial charge in [-0.15, -0.1) is 0 Å². The zero-order valence-corrected chi connectivity index (χ0v) is 12.9. The first-order valence-corrected chi connectivity index (χ1v) is 7.55. The van der Waals surface area contributed by atoms with Gasteiger partial charge in [-0.05, 0) is 35.9 Å². The number of rotatable bonds is 4. The molecular formula is C17H15BrN2O. The van der Waals surface area contributed by atoms with Gasteiger partial charge >= 0.3 is 0 Å². The van der Waals surface area contributed by atoms with Crippen molar-refractivity contribution in [3.05, 3.63) is 82.6 Å². The van der Waals surface area contributed by atoms with E-state index in [-0.39, 0.29) is 0 Å². The molecule has 0 radical (unpaired) electrons. The van der Waals surface area contributed by atoms with Gasteiger partial charge in [0, 0.05) is 17.1 Å². The molecule has 1 unspecified atom stereocenters. The van der Waals surface area contributed by atoms with E-state index in [0.717, 1.165) is 21.4 Å². The van der Waals surface area contributed by atoms with Gasteiger partial charge in [0.1, 0.15) is 6.10 Å². The molecule has 1 aromatic heterocycles. The van der Waals surface area contributed by atoms with E-state index >= 15 is 0 Å². The molecule has 3 aromatic rings. The maximum Gasteiger partial charge on any atom is 0.100 e. The summed E-state index contributed by atoms with van der Waals surface area (Å²) < 4.78 is 2.82. The number of halogens is 1. The lowest BCUT2D eigenvalue weighted by Crippen LogP contribution is -2.09. The summed E-state index contributed by atoms with van der Waals surface area (Å²) in [5, 5.41) is 14.8. The fraction of sp³-hybridized carbons (Fsp3) is 0.118. The summed E-state index contributed by atoms with van der Waals surface area (Å²) in [4.78, 5) is 0. The molecule has 3 rings (SSSR count). The highest BCUT2D eigenvalue weighted by Gasteiger charge is 2.14. The number of benzene rings is 2. The number of aliphatic hydroxyl groups excluding tert-OH is 1. The predicted octanol–water partition coefficient (Wildman–Crippen LogP) is 3.91. The fourth-order valence-corrected chi connectivity index (χ4v) is 2.56. The third kappa shape index (κ3) is 3.23. The van der Waals surface area contributed by atoms with Crippen molar-refractivity contribution in [1.82, 2.24) is 9.78 Å². The summed E-state index contributed by atoms with van der Waals surface area (Å²) >= 11 is 3.42. The minimum absolute atomic E-state index is 0.561. The summed E-state index contributed by atoms with van der Waals surface area (Å²) in [5.74, 6) is 0. The van der Waals surface area contributed by atoms with Crippen LogP contribution >= 0.6 is 15.9 Å². The lowest BCUT2D eigenvalue weighted by Gasteiger charge is -2.13. The monoisotopic (exact) mass is 342 g/mol. The number of aromatic nitrogens is 2. The van der Waals surface area contributed by atoms with Gasteiger partial charge in [-0.3, -0.25) is 0 Å². The maximum atomic E-state index is 10.5. The SMILES string of the molecule is OC(Cc1ccc(Br)cc1)c1ccnn1-c1ccccc1. The number of aliphatic hydroxyl groups is 1. The Morgan fingerprint density at radius 2 is 1.71 bits per heavy atom. The van der Waals surface area contributed by atoms with E-state index in [2.05, 4.69) is 21.0 Å². The maximum absolute atomic E-state index is 10.5. The molecule has 0 aliphatic heterocycles. The van der Waals surface area contributed by atoms with E-state index in [0.29, 0.717) is 6.42 Å². The zero-order chi connectivity index (χ0) is 14.7. The van der Waals surface area contributed by atoms with Crippen LogP contribution in [0.4, 0.5) is 0 Å². The van der Waals surface area contributed by atoms with Gasteiger partial charge in [-0.1, -0.05) is 46.3 Å². The van der Waals surface area contributed by atoms with Crippen molar-refractivity contribution in [1.29, 1.82) is 0 Å². The van der Waals surface area contributed by atoms with Crippen molar-refractivity contribution in [2.24, 2.45) is 0 Å². The van der Waals surface area contributed by atoms with Crippen LogP contribution in [0.2, 0.25) is 0 Å². The molecule has 2 aromatic carbocycles. The Morgan fingerprint density at radius 3 is 2.43 bits per heavy atom. The highest BCUT2D eigenvalue weighted by atomic mass is 79.9. The molecule has 0 aliphatic carbocycles. The summed E-state index contributed by atoms with van der Waals surface area (Å²) in [7, 11) is 0. The van der Waals surface area contributed by atoms with E-state index in [4.69, 9.17) is 0 Å². The second-order valence-electron chi connectivity index (χ2n) is 4.85. The first-order chi connectivity index (χ1) is 10.2. The first kappa shape index (κ1) is 14.0. The van der Waals surface area contributed by atoms with Gasteiger partial charge in [0.25, 0.3) is 0 Å². The Labute approximate surface area is 132 Å². The van der Waals surface area contributed by atoms with E-state index in [1.54, 1.807) is 10.9 Å². The molecule has 106 valence electrons. The Morgan fingerprint density at radius 1 is 1.00 bits per heavy atom. The lowest BCUT2D eigenvalue weighted by molar-refractivity contribution is 0.170. The molecule has 0 amide bonds. The van der Waals surface area contributed by atoms with Crippen molar-refractivity contribution < 1.29 is 5.11 Å². The molecule has 1 N–H and O–H groups in total. The van der Waals surface area contributed by atoms with Gasteiger partial charge in [0.05, 0.1) is 11.4 Å². The quantitative estimate of drug-likeness (QED) is 0.780.